The van der Waals surface area contributed by atoms with Crippen molar-refractivity contribution in [2.24, 2.45) is 0 Å². The van der Waals surface area contributed by atoms with Gasteiger partial charge in [-0.05, 0) is 38.0 Å². The van der Waals surface area contributed by atoms with Gasteiger partial charge in [0.05, 0.1) is 22.3 Å². The Morgan fingerprint density at radius 3 is 2.29 bits per heavy atom. The molecule has 0 aliphatic carbocycles. The van der Waals surface area contributed by atoms with Crippen LogP contribution in [0.2, 0.25) is 0 Å². The summed E-state index contributed by atoms with van der Waals surface area (Å²) in [5, 5.41) is 4.79. The molecule has 3 aromatic heterocycles. The minimum absolute atomic E-state index is 0.0396. The number of aromatic amines is 1. The average molecular weight is 480 g/mol. The number of H-pyrrole nitrogens is 1. The Bertz CT molecular complexity index is 1300. The van der Waals surface area contributed by atoms with Crippen LogP contribution in [0.15, 0.2) is 91.1 Å². The smallest absolute Gasteiger partial charge is 0.120 e. The second kappa shape index (κ2) is 10.7. The van der Waals surface area contributed by atoms with Crippen LogP contribution in [0, 0.1) is 6.92 Å². The predicted molar refractivity (Wildman–Crippen MR) is 145 cm³/mol. The summed E-state index contributed by atoms with van der Waals surface area (Å²) in [7, 11) is 0. The molecule has 0 aliphatic rings. The van der Waals surface area contributed by atoms with E-state index in [4.69, 9.17) is 22.7 Å². The Hall–Kier alpha value is -3.64. The zero-order valence-corrected chi connectivity index (χ0v) is 20.7. The maximum absolute atomic E-state index is 4.99. The SMILES string of the molecule is Cc1cc(-c2ccccn2)nn1CCCCC(S)c1nc(-c2ccccc2)c(-c2ccccc2)[nH]1. The van der Waals surface area contributed by atoms with Crippen molar-refractivity contribution in [3.8, 4) is 33.9 Å². The van der Waals surface area contributed by atoms with Gasteiger partial charge in [0.2, 0.25) is 0 Å². The van der Waals surface area contributed by atoms with Crippen molar-refractivity contribution in [2.45, 2.75) is 38.0 Å². The van der Waals surface area contributed by atoms with Gasteiger partial charge in [-0.25, -0.2) is 4.98 Å². The highest BCUT2D eigenvalue weighted by atomic mass is 32.1. The largest absolute Gasteiger partial charge is 0.341 e. The number of nitrogens with zero attached hydrogens (tertiary/aromatic N) is 4. The molecule has 1 unspecified atom stereocenters. The van der Waals surface area contributed by atoms with Crippen LogP contribution < -0.4 is 0 Å². The van der Waals surface area contributed by atoms with Crippen molar-refractivity contribution in [3.63, 3.8) is 0 Å². The fourth-order valence-electron chi connectivity index (χ4n) is 4.28. The summed E-state index contributed by atoms with van der Waals surface area (Å²) >= 11 is 4.91. The fraction of sp³-hybridized carbons (Fsp3) is 0.207. The van der Waals surface area contributed by atoms with Crippen molar-refractivity contribution in [3.05, 3.63) is 103 Å². The molecular weight excluding hydrogens is 450 g/mol. The van der Waals surface area contributed by atoms with Gasteiger partial charge >= 0.3 is 0 Å². The quantitative estimate of drug-likeness (QED) is 0.174. The molecule has 6 heteroatoms. The predicted octanol–water partition coefficient (Wildman–Crippen LogP) is 7.15. The Morgan fingerprint density at radius 2 is 1.57 bits per heavy atom. The summed E-state index contributed by atoms with van der Waals surface area (Å²) in [6.45, 7) is 2.97. The van der Waals surface area contributed by atoms with Crippen LogP contribution >= 0.6 is 12.6 Å². The minimum Gasteiger partial charge on any atom is -0.341 e. The Labute approximate surface area is 211 Å². The number of benzene rings is 2. The van der Waals surface area contributed by atoms with Crippen LogP contribution in [0.5, 0.6) is 0 Å². The highest BCUT2D eigenvalue weighted by molar-refractivity contribution is 7.80. The number of nitrogens with one attached hydrogen (secondary N) is 1. The van der Waals surface area contributed by atoms with E-state index in [1.807, 2.05) is 42.5 Å². The third-order valence-electron chi connectivity index (χ3n) is 6.15. The molecule has 0 radical (unpaired) electrons. The number of hydrogen-bond acceptors (Lipinski definition) is 4. The van der Waals surface area contributed by atoms with Gasteiger partial charge in [-0.15, -0.1) is 0 Å². The molecule has 2 aromatic carbocycles. The molecule has 0 saturated heterocycles. The molecule has 1 N–H and O–H groups in total. The normalized spacial score (nSPS) is 12.1. The monoisotopic (exact) mass is 479 g/mol. The van der Waals surface area contributed by atoms with Crippen LogP contribution in [0.4, 0.5) is 0 Å². The highest BCUT2D eigenvalue weighted by Gasteiger charge is 2.18. The van der Waals surface area contributed by atoms with Gasteiger partial charge in [-0.2, -0.15) is 17.7 Å². The van der Waals surface area contributed by atoms with Crippen molar-refractivity contribution in [2.75, 3.05) is 0 Å². The maximum Gasteiger partial charge on any atom is 0.120 e. The van der Waals surface area contributed by atoms with Gasteiger partial charge in [0.1, 0.15) is 11.5 Å². The van der Waals surface area contributed by atoms with E-state index in [1.54, 1.807) is 6.20 Å². The van der Waals surface area contributed by atoms with Crippen molar-refractivity contribution in [1.29, 1.82) is 0 Å². The second-order valence-electron chi connectivity index (χ2n) is 8.70. The molecule has 5 aromatic rings. The molecule has 0 spiro atoms. The Kier molecular flexibility index (Phi) is 7.09. The number of aryl methyl sites for hydroxylation is 2. The molecule has 0 saturated carbocycles. The van der Waals surface area contributed by atoms with Crippen LogP contribution in [0.3, 0.4) is 0 Å². The topological polar surface area (TPSA) is 59.4 Å². The summed E-state index contributed by atoms with van der Waals surface area (Å²) in [4.78, 5) is 13.0. The van der Waals surface area contributed by atoms with Crippen LogP contribution in [-0.2, 0) is 6.54 Å². The van der Waals surface area contributed by atoms with E-state index < -0.39 is 0 Å². The lowest BCUT2D eigenvalue weighted by atomic mass is 10.1. The molecular formula is C29H29N5S. The van der Waals surface area contributed by atoms with Crippen LogP contribution in [0.1, 0.15) is 36.0 Å². The van der Waals surface area contributed by atoms with Gasteiger partial charge in [0, 0.05) is 29.6 Å². The molecule has 0 fully saturated rings. The van der Waals surface area contributed by atoms with Gasteiger partial charge in [0.25, 0.3) is 0 Å². The molecule has 1 atom stereocenters. The summed E-state index contributed by atoms with van der Waals surface area (Å²) in [6.07, 6.45) is 4.80. The lowest BCUT2D eigenvalue weighted by molar-refractivity contribution is 0.531. The van der Waals surface area contributed by atoms with Gasteiger partial charge in [0.15, 0.2) is 0 Å². The highest BCUT2D eigenvalue weighted by Crippen LogP contribution is 2.34. The first-order valence-corrected chi connectivity index (χ1v) is 12.6. The lowest BCUT2D eigenvalue weighted by Crippen LogP contribution is -2.03. The van der Waals surface area contributed by atoms with Gasteiger partial charge in [-0.3, -0.25) is 9.67 Å². The van der Waals surface area contributed by atoms with Crippen LogP contribution in [0.25, 0.3) is 33.9 Å². The van der Waals surface area contributed by atoms with E-state index in [0.29, 0.717) is 0 Å². The van der Waals surface area contributed by atoms with Crippen molar-refractivity contribution >= 4 is 12.6 Å². The zero-order chi connectivity index (χ0) is 24.0. The molecule has 3 heterocycles. The van der Waals surface area contributed by atoms with Crippen LogP contribution in [-0.4, -0.2) is 24.7 Å². The molecule has 0 amide bonds. The lowest BCUT2D eigenvalue weighted by Gasteiger charge is -2.08. The summed E-state index contributed by atoms with van der Waals surface area (Å²) < 4.78 is 2.07. The first-order chi connectivity index (χ1) is 17.2. The molecule has 5 rings (SSSR count). The molecule has 5 nitrogen and oxygen atoms in total. The number of unbranched alkanes of at least 4 members (excludes halogenated alkanes) is 1. The van der Waals surface area contributed by atoms with E-state index in [2.05, 4.69) is 64.0 Å². The Morgan fingerprint density at radius 1 is 0.857 bits per heavy atom. The van der Waals surface area contributed by atoms with Crippen molar-refractivity contribution in [1.82, 2.24) is 24.7 Å². The minimum atomic E-state index is 0.0396. The summed E-state index contributed by atoms with van der Waals surface area (Å²) in [5.74, 6) is 0.916. The summed E-state index contributed by atoms with van der Waals surface area (Å²) in [5.41, 5.74) is 7.23. The third kappa shape index (κ3) is 5.38. The second-order valence-corrected chi connectivity index (χ2v) is 9.32. The first kappa shape index (κ1) is 23.1. The zero-order valence-electron chi connectivity index (χ0n) is 19.8. The fourth-order valence-corrected chi connectivity index (χ4v) is 4.58. The molecule has 0 aliphatic heterocycles. The molecule has 0 bridgehead atoms. The number of aromatic nitrogens is 5. The van der Waals surface area contributed by atoms with Gasteiger partial charge in [-0.1, -0.05) is 73.2 Å². The molecule has 35 heavy (non-hydrogen) atoms. The standard InChI is InChI=1S/C29H29N5S/c1-21-20-25(24-16-8-10-18-30-24)33-34(21)19-11-9-17-26(35)29-31-27(22-12-4-2-5-13-22)28(32-29)23-14-6-3-7-15-23/h2-8,10,12-16,18,20,26,35H,9,11,17,19H2,1H3,(H,31,32). The number of rotatable bonds is 9. The third-order valence-corrected chi connectivity index (χ3v) is 6.66. The average Bonchev–Trinajstić information content (AvgIpc) is 3.52. The Balaban J connectivity index is 1.25. The van der Waals surface area contributed by atoms with E-state index in [9.17, 15) is 0 Å². The number of thiol groups is 1. The summed E-state index contributed by atoms with van der Waals surface area (Å²) in [6, 6.07) is 28.7. The van der Waals surface area contributed by atoms with E-state index in [1.165, 1.54) is 0 Å². The van der Waals surface area contributed by atoms with Gasteiger partial charge < -0.3 is 4.98 Å². The van der Waals surface area contributed by atoms with Crippen molar-refractivity contribution < 1.29 is 0 Å². The first-order valence-electron chi connectivity index (χ1n) is 12.0. The number of pyridine rings is 1. The van der Waals surface area contributed by atoms with E-state index in [0.717, 1.165) is 71.2 Å². The number of hydrogen-bond donors (Lipinski definition) is 2. The van der Waals surface area contributed by atoms with E-state index >= 15 is 0 Å². The maximum atomic E-state index is 4.99. The number of imidazole rings is 1. The van der Waals surface area contributed by atoms with E-state index in [-0.39, 0.29) is 5.25 Å². The molecule has 176 valence electrons.